The molecule has 0 fully saturated rings. The van der Waals surface area contributed by atoms with Gasteiger partial charge in [0.2, 0.25) is 0 Å². The molecule has 2 heterocycles. The van der Waals surface area contributed by atoms with Crippen molar-refractivity contribution in [2.24, 2.45) is 0 Å². The number of hydrogen-bond donors (Lipinski definition) is 3. The number of rotatable bonds is 5. The summed E-state index contributed by atoms with van der Waals surface area (Å²) < 4.78 is 14.2. The van der Waals surface area contributed by atoms with Gasteiger partial charge in [-0.05, 0) is 31.2 Å². The van der Waals surface area contributed by atoms with Crippen LogP contribution in [0.25, 0.3) is 11.4 Å². The average molecular weight is 336 g/mol. The van der Waals surface area contributed by atoms with E-state index in [1.54, 1.807) is 56.7 Å². The molecule has 0 spiro atoms. The highest BCUT2D eigenvalue weighted by Crippen LogP contribution is 2.29. The molecule has 2 aromatic heterocycles. The Morgan fingerprint density at radius 2 is 1.72 bits per heavy atom. The molecule has 0 unspecified atom stereocenters. The van der Waals surface area contributed by atoms with Gasteiger partial charge in [0.25, 0.3) is 0 Å². The minimum atomic E-state index is -0.404. The summed E-state index contributed by atoms with van der Waals surface area (Å²) >= 11 is 0. The molecule has 3 rings (SSSR count). The first-order valence-electron chi connectivity index (χ1n) is 7.67. The molecule has 6 nitrogen and oxygen atoms in total. The van der Waals surface area contributed by atoms with Gasteiger partial charge >= 0.3 is 0 Å². The number of anilines is 3. The minimum Gasteiger partial charge on any atom is -0.372 e. The highest BCUT2D eigenvalue weighted by atomic mass is 19.1. The molecule has 7 heteroatoms. The summed E-state index contributed by atoms with van der Waals surface area (Å²) in [5.74, 6) is 0.719. The van der Waals surface area contributed by atoms with E-state index in [-0.39, 0.29) is 5.82 Å². The zero-order chi connectivity index (χ0) is 17.8. The predicted molar refractivity (Wildman–Crippen MR) is 97.0 cm³/mol. The van der Waals surface area contributed by atoms with Crippen molar-refractivity contribution in [1.29, 1.82) is 5.41 Å². The third-order valence-corrected chi connectivity index (χ3v) is 3.58. The van der Waals surface area contributed by atoms with Crippen LogP contribution in [0.15, 0.2) is 48.8 Å². The molecule has 25 heavy (non-hydrogen) atoms. The lowest BCUT2D eigenvalue weighted by Gasteiger charge is -2.16. The van der Waals surface area contributed by atoms with Crippen LogP contribution in [0.5, 0.6) is 0 Å². The average Bonchev–Trinajstić information content (AvgIpc) is 2.62. The van der Waals surface area contributed by atoms with Gasteiger partial charge in [-0.2, -0.15) is 0 Å². The van der Waals surface area contributed by atoms with Crippen LogP contribution in [0.4, 0.5) is 21.7 Å². The minimum absolute atomic E-state index is 0.240. The third-order valence-electron chi connectivity index (χ3n) is 3.58. The summed E-state index contributed by atoms with van der Waals surface area (Å²) in [4.78, 5) is 12.8. The van der Waals surface area contributed by atoms with Crippen LogP contribution in [0.3, 0.4) is 0 Å². The zero-order valence-electron chi connectivity index (χ0n) is 13.8. The van der Waals surface area contributed by atoms with E-state index in [9.17, 15) is 4.39 Å². The lowest BCUT2D eigenvalue weighted by Crippen LogP contribution is -2.11. The van der Waals surface area contributed by atoms with Crippen LogP contribution >= 0.6 is 0 Å². The molecule has 0 amide bonds. The fourth-order valence-corrected chi connectivity index (χ4v) is 2.42. The quantitative estimate of drug-likeness (QED) is 0.616. The number of halogens is 1. The first kappa shape index (κ1) is 16.5. The molecule has 0 aliphatic heterocycles. The monoisotopic (exact) mass is 336 g/mol. The van der Waals surface area contributed by atoms with Gasteiger partial charge in [-0.15, -0.1) is 0 Å². The van der Waals surface area contributed by atoms with E-state index in [4.69, 9.17) is 5.41 Å². The van der Waals surface area contributed by atoms with E-state index >= 15 is 0 Å². The number of aromatic nitrogens is 3. The van der Waals surface area contributed by atoms with Crippen LogP contribution < -0.4 is 10.6 Å². The van der Waals surface area contributed by atoms with Crippen molar-refractivity contribution >= 4 is 23.0 Å². The fraction of sp³-hybridized carbons (Fsp3) is 0.111. The normalized spacial score (nSPS) is 10.4. The summed E-state index contributed by atoms with van der Waals surface area (Å²) in [7, 11) is 1.70. The number of hydrogen-bond acceptors (Lipinski definition) is 6. The van der Waals surface area contributed by atoms with E-state index in [2.05, 4.69) is 25.6 Å². The highest BCUT2D eigenvalue weighted by molar-refractivity contribution is 6.05. The highest BCUT2D eigenvalue weighted by Gasteiger charge is 2.18. The first-order chi connectivity index (χ1) is 12.1. The Morgan fingerprint density at radius 1 is 1.04 bits per heavy atom. The number of pyridine rings is 1. The van der Waals surface area contributed by atoms with Crippen molar-refractivity contribution in [2.75, 3.05) is 17.7 Å². The first-order valence-corrected chi connectivity index (χ1v) is 7.67. The van der Waals surface area contributed by atoms with Gasteiger partial charge in [-0.1, -0.05) is 12.1 Å². The molecule has 0 saturated heterocycles. The largest absolute Gasteiger partial charge is 0.372 e. The van der Waals surface area contributed by atoms with Crippen molar-refractivity contribution in [3.63, 3.8) is 0 Å². The topological polar surface area (TPSA) is 86.6 Å². The maximum atomic E-state index is 14.2. The maximum Gasteiger partial charge on any atom is 0.166 e. The second kappa shape index (κ2) is 7.04. The molecule has 126 valence electrons. The Hall–Kier alpha value is -3.35. The second-order valence-corrected chi connectivity index (χ2v) is 5.34. The lowest BCUT2D eigenvalue weighted by atomic mass is 10.1. The molecule has 0 saturated carbocycles. The van der Waals surface area contributed by atoms with Crippen molar-refractivity contribution in [2.45, 2.75) is 6.92 Å². The van der Waals surface area contributed by atoms with Crippen molar-refractivity contribution in [3.8, 4) is 11.4 Å². The number of nitrogens with zero attached hydrogens (tertiary/aromatic N) is 3. The Kier molecular flexibility index (Phi) is 4.65. The molecule has 1 aromatic carbocycles. The van der Waals surface area contributed by atoms with Crippen molar-refractivity contribution in [1.82, 2.24) is 15.0 Å². The number of benzene rings is 1. The van der Waals surface area contributed by atoms with Gasteiger partial charge in [0.1, 0.15) is 17.5 Å². The van der Waals surface area contributed by atoms with Gasteiger partial charge in [-0.25, -0.2) is 14.4 Å². The van der Waals surface area contributed by atoms with Crippen molar-refractivity contribution < 1.29 is 4.39 Å². The third kappa shape index (κ3) is 3.45. The summed E-state index contributed by atoms with van der Waals surface area (Å²) in [5, 5.41) is 14.2. The Labute approximate surface area is 144 Å². The Balaban J connectivity index is 2.18. The summed E-state index contributed by atoms with van der Waals surface area (Å²) in [6.07, 6.45) is 3.30. The van der Waals surface area contributed by atoms with Crippen LogP contribution in [0, 0.1) is 11.2 Å². The van der Waals surface area contributed by atoms with Gasteiger partial charge in [0.15, 0.2) is 5.82 Å². The van der Waals surface area contributed by atoms with Crippen molar-refractivity contribution in [3.05, 3.63) is 60.2 Å². The molecule has 0 aliphatic rings. The smallest absolute Gasteiger partial charge is 0.166 e. The van der Waals surface area contributed by atoms with Gasteiger partial charge < -0.3 is 16.0 Å². The second-order valence-electron chi connectivity index (χ2n) is 5.34. The van der Waals surface area contributed by atoms with E-state index in [1.807, 2.05) is 0 Å². The Morgan fingerprint density at radius 3 is 2.36 bits per heavy atom. The van der Waals surface area contributed by atoms with Crippen LogP contribution in [-0.2, 0) is 0 Å². The predicted octanol–water partition coefficient (Wildman–Crippen LogP) is 3.85. The Bertz CT molecular complexity index is 911. The molecular weight excluding hydrogens is 319 g/mol. The van der Waals surface area contributed by atoms with E-state index in [0.29, 0.717) is 28.5 Å². The molecule has 3 N–H and O–H groups in total. The van der Waals surface area contributed by atoms with Crippen LogP contribution in [-0.4, -0.2) is 27.7 Å². The van der Waals surface area contributed by atoms with Gasteiger partial charge in [0.05, 0.1) is 11.1 Å². The fourth-order valence-electron chi connectivity index (χ4n) is 2.42. The van der Waals surface area contributed by atoms with Crippen LogP contribution in [0.2, 0.25) is 0 Å². The maximum absolute atomic E-state index is 14.2. The SMILES string of the molecule is CNc1nc(-c2ccccc2F)nc(Nc2ccncc2)c1C(C)=N. The molecule has 0 bridgehead atoms. The number of nitrogens with one attached hydrogen (secondary N) is 3. The zero-order valence-corrected chi connectivity index (χ0v) is 13.8. The molecular formula is C18H17FN6. The summed E-state index contributed by atoms with van der Waals surface area (Å²) in [5.41, 5.74) is 1.88. The van der Waals surface area contributed by atoms with Crippen LogP contribution in [0.1, 0.15) is 12.5 Å². The van der Waals surface area contributed by atoms with Gasteiger partial charge in [0, 0.05) is 30.8 Å². The van der Waals surface area contributed by atoms with Gasteiger partial charge in [-0.3, -0.25) is 4.98 Å². The molecule has 3 aromatic rings. The standard InChI is InChI=1S/C18H17FN6/c1-11(20)15-17(21-2)24-16(13-5-3-4-6-14(13)19)25-18(15)23-12-7-9-22-10-8-12/h3-10,20H,1-2H3,(H2,21,22,23,24,25). The molecule has 0 atom stereocenters. The van der Waals surface area contributed by atoms with E-state index in [0.717, 1.165) is 5.69 Å². The molecule has 0 radical (unpaired) electrons. The van der Waals surface area contributed by atoms with E-state index in [1.165, 1.54) is 6.07 Å². The summed E-state index contributed by atoms with van der Waals surface area (Å²) in [6, 6.07) is 9.90. The van der Waals surface area contributed by atoms with E-state index < -0.39 is 5.82 Å². The summed E-state index contributed by atoms with van der Waals surface area (Å²) in [6.45, 7) is 1.65. The molecule has 0 aliphatic carbocycles. The lowest BCUT2D eigenvalue weighted by molar-refractivity contribution is 0.630.